The van der Waals surface area contributed by atoms with Gasteiger partial charge in [-0.1, -0.05) is 0 Å². The molecule has 1 N–H and O–H groups in total. The summed E-state index contributed by atoms with van der Waals surface area (Å²) in [6.07, 6.45) is 1.67. The number of nitrogens with zero attached hydrogens (tertiary/aromatic N) is 1. The monoisotopic (exact) mass is 223 g/mol. The molecule has 0 bridgehead atoms. The van der Waals surface area contributed by atoms with E-state index in [1.807, 2.05) is 11.8 Å². The van der Waals surface area contributed by atoms with Gasteiger partial charge < -0.3 is 10.0 Å². The molecule has 0 aromatic heterocycles. The minimum absolute atomic E-state index is 0.0280. The number of rotatable bonds is 2. The maximum absolute atomic E-state index is 13.0. The second-order valence-corrected chi connectivity index (χ2v) is 4.18. The van der Waals surface area contributed by atoms with E-state index in [2.05, 4.69) is 0 Å². The van der Waals surface area contributed by atoms with Crippen molar-refractivity contribution in [2.75, 3.05) is 11.4 Å². The molecular formula is C12H14FNO2. The van der Waals surface area contributed by atoms with Crippen molar-refractivity contribution in [3.8, 4) is 0 Å². The highest BCUT2D eigenvalue weighted by molar-refractivity contribution is 5.75. The summed E-state index contributed by atoms with van der Waals surface area (Å²) in [6, 6.07) is 4.74. The number of hydrogen-bond acceptors (Lipinski definition) is 2. The molecule has 0 saturated carbocycles. The van der Waals surface area contributed by atoms with Crippen LogP contribution >= 0.6 is 0 Å². The maximum Gasteiger partial charge on any atom is 0.323 e. The molecule has 0 aliphatic carbocycles. The first kappa shape index (κ1) is 10.9. The topological polar surface area (TPSA) is 40.5 Å². The minimum atomic E-state index is -0.857. The molecule has 1 aromatic carbocycles. The van der Waals surface area contributed by atoms with Crippen LogP contribution in [0.2, 0.25) is 0 Å². The Morgan fingerprint density at radius 2 is 2.38 bits per heavy atom. The Bertz CT molecular complexity index is 419. The van der Waals surface area contributed by atoms with Crippen LogP contribution in [0.4, 0.5) is 10.1 Å². The number of carbonyl (C=O) groups is 1. The molecule has 16 heavy (non-hydrogen) atoms. The lowest BCUT2D eigenvalue weighted by Crippen LogP contribution is -2.40. The molecule has 1 atom stereocenters. The van der Waals surface area contributed by atoms with E-state index in [-0.39, 0.29) is 18.4 Å². The third-order valence-electron chi connectivity index (χ3n) is 3.02. The lowest BCUT2D eigenvalue weighted by molar-refractivity contribution is -0.135. The van der Waals surface area contributed by atoms with Crippen LogP contribution < -0.4 is 4.90 Å². The molecule has 1 aliphatic heterocycles. The Labute approximate surface area is 93.5 Å². The average molecular weight is 223 g/mol. The van der Waals surface area contributed by atoms with E-state index in [1.165, 1.54) is 12.1 Å². The van der Waals surface area contributed by atoms with E-state index >= 15 is 0 Å². The number of carboxylic acids is 1. The number of benzene rings is 1. The van der Waals surface area contributed by atoms with Crippen LogP contribution in [0.25, 0.3) is 0 Å². The fourth-order valence-electron chi connectivity index (χ4n) is 2.18. The fraction of sp³-hybridized carbons (Fsp3) is 0.417. The smallest absolute Gasteiger partial charge is 0.323 e. The Hall–Kier alpha value is -1.58. The largest absolute Gasteiger partial charge is 0.480 e. The molecule has 0 amide bonds. The third-order valence-corrected chi connectivity index (χ3v) is 3.02. The van der Waals surface area contributed by atoms with E-state index in [0.717, 1.165) is 24.1 Å². The second-order valence-electron chi connectivity index (χ2n) is 4.18. The van der Waals surface area contributed by atoms with E-state index < -0.39 is 5.97 Å². The highest BCUT2D eigenvalue weighted by Crippen LogP contribution is 2.30. The third kappa shape index (κ3) is 2.01. The number of carboxylic acid groups (broad SMARTS) is 1. The molecule has 1 aliphatic rings. The number of aliphatic carboxylic acids is 1. The highest BCUT2D eigenvalue weighted by atomic mass is 19.1. The second kappa shape index (κ2) is 4.12. The molecule has 0 spiro atoms. The van der Waals surface area contributed by atoms with Crippen molar-refractivity contribution in [3.05, 3.63) is 29.6 Å². The van der Waals surface area contributed by atoms with Gasteiger partial charge in [-0.2, -0.15) is 0 Å². The highest BCUT2D eigenvalue weighted by Gasteiger charge is 2.24. The molecule has 86 valence electrons. The van der Waals surface area contributed by atoms with Crippen LogP contribution in [0.5, 0.6) is 0 Å². The van der Waals surface area contributed by atoms with Gasteiger partial charge in [0.25, 0.3) is 0 Å². The quantitative estimate of drug-likeness (QED) is 0.834. The summed E-state index contributed by atoms with van der Waals surface area (Å²) in [5, 5.41) is 8.85. The summed E-state index contributed by atoms with van der Waals surface area (Å²) in [5.74, 6) is -1.12. The summed E-state index contributed by atoms with van der Waals surface area (Å²) in [5.41, 5.74) is 1.75. The number of anilines is 1. The van der Waals surface area contributed by atoms with Crippen molar-refractivity contribution in [2.24, 2.45) is 0 Å². The van der Waals surface area contributed by atoms with Crippen LogP contribution in [-0.2, 0) is 11.2 Å². The first-order chi connectivity index (χ1) is 7.58. The van der Waals surface area contributed by atoms with E-state index in [1.54, 1.807) is 6.07 Å². The van der Waals surface area contributed by atoms with Crippen LogP contribution in [0, 0.1) is 5.82 Å². The van der Waals surface area contributed by atoms with Crippen LogP contribution in [0.3, 0.4) is 0 Å². The summed E-state index contributed by atoms with van der Waals surface area (Å²) in [6.45, 7) is 1.97. The Morgan fingerprint density at radius 3 is 3.06 bits per heavy atom. The Balaban J connectivity index is 2.36. The van der Waals surface area contributed by atoms with Gasteiger partial charge in [0.1, 0.15) is 12.4 Å². The predicted octanol–water partition coefficient (Wildman–Crippen LogP) is 2.05. The van der Waals surface area contributed by atoms with Gasteiger partial charge in [-0.25, -0.2) is 4.39 Å². The van der Waals surface area contributed by atoms with E-state index in [0.29, 0.717) is 0 Å². The van der Waals surface area contributed by atoms with Crippen LogP contribution in [0.1, 0.15) is 18.9 Å². The Kier molecular flexibility index (Phi) is 2.81. The standard InChI is InChI=1S/C12H14FNO2/c1-8-2-3-9-6-10(13)4-5-11(9)14(8)7-12(15)16/h4-6,8H,2-3,7H2,1H3,(H,15,16)/t8-/m0/s1. The summed E-state index contributed by atoms with van der Waals surface area (Å²) >= 11 is 0. The van der Waals surface area contributed by atoms with Gasteiger partial charge in [0.2, 0.25) is 0 Å². The number of hydrogen-bond donors (Lipinski definition) is 1. The number of halogens is 1. The zero-order chi connectivity index (χ0) is 11.7. The van der Waals surface area contributed by atoms with E-state index in [4.69, 9.17) is 5.11 Å². The van der Waals surface area contributed by atoms with Gasteiger partial charge in [0.15, 0.2) is 0 Å². The van der Waals surface area contributed by atoms with Gasteiger partial charge in [-0.15, -0.1) is 0 Å². The van der Waals surface area contributed by atoms with Crippen molar-refractivity contribution in [3.63, 3.8) is 0 Å². The van der Waals surface area contributed by atoms with Crippen LogP contribution in [-0.4, -0.2) is 23.7 Å². The summed E-state index contributed by atoms with van der Waals surface area (Å²) < 4.78 is 13.0. The molecule has 0 unspecified atom stereocenters. The lowest BCUT2D eigenvalue weighted by Gasteiger charge is -2.35. The van der Waals surface area contributed by atoms with E-state index in [9.17, 15) is 9.18 Å². The normalized spacial score (nSPS) is 19.4. The van der Waals surface area contributed by atoms with Crippen LogP contribution in [0.15, 0.2) is 18.2 Å². The first-order valence-corrected chi connectivity index (χ1v) is 5.35. The average Bonchev–Trinajstić information content (AvgIpc) is 2.22. The van der Waals surface area contributed by atoms with Gasteiger partial charge >= 0.3 is 5.97 Å². The summed E-state index contributed by atoms with van der Waals surface area (Å²) in [7, 11) is 0. The van der Waals surface area contributed by atoms with Crippen molar-refractivity contribution in [1.82, 2.24) is 0 Å². The molecular weight excluding hydrogens is 209 g/mol. The van der Waals surface area contributed by atoms with Crippen molar-refractivity contribution >= 4 is 11.7 Å². The minimum Gasteiger partial charge on any atom is -0.480 e. The van der Waals surface area contributed by atoms with Crippen molar-refractivity contribution in [2.45, 2.75) is 25.8 Å². The molecule has 0 radical (unpaired) electrons. The predicted molar refractivity (Wildman–Crippen MR) is 59.2 cm³/mol. The molecule has 4 heteroatoms. The van der Waals surface area contributed by atoms with Gasteiger partial charge in [-0.3, -0.25) is 4.79 Å². The van der Waals surface area contributed by atoms with Gasteiger partial charge in [-0.05, 0) is 43.5 Å². The summed E-state index contributed by atoms with van der Waals surface area (Å²) in [4.78, 5) is 12.6. The van der Waals surface area contributed by atoms with Gasteiger partial charge in [0.05, 0.1) is 0 Å². The first-order valence-electron chi connectivity index (χ1n) is 5.35. The maximum atomic E-state index is 13.0. The number of aryl methyl sites for hydroxylation is 1. The van der Waals surface area contributed by atoms with Crippen molar-refractivity contribution < 1.29 is 14.3 Å². The zero-order valence-electron chi connectivity index (χ0n) is 9.11. The van der Waals surface area contributed by atoms with Gasteiger partial charge in [0, 0.05) is 11.7 Å². The lowest BCUT2D eigenvalue weighted by atomic mass is 9.96. The Morgan fingerprint density at radius 1 is 1.62 bits per heavy atom. The fourth-order valence-corrected chi connectivity index (χ4v) is 2.18. The zero-order valence-corrected chi connectivity index (χ0v) is 9.11. The SMILES string of the molecule is C[C@H]1CCc2cc(F)ccc2N1CC(=O)O. The molecule has 1 aromatic rings. The van der Waals surface area contributed by atoms with Crippen molar-refractivity contribution in [1.29, 1.82) is 0 Å². The number of fused-ring (bicyclic) bond motifs is 1. The molecule has 0 saturated heterocycles. The molecule has 2 rings (SSSR count). The molecule has 3 nitrogen and oxygen atoms in total. The molecule has 0 fully saturated rings. The molecule has 1 heterocycles.